The molecule has 0 saturated carbocycles. The Morgan fingerprint density at radius 1 is 1.26 bits per heavy atom. The average molecular weight is 320 g/mol. The van der Waals surface area contributed by atoms with Crippen LogP contribution in [-0.2, 0) is 13.6 Å². The van der Waals surface area contributed by atoms with Crippen molar-refractivity contribution in [3.63, 3.8) is 0 Å². The summed E-state index contributed by atoms with van der Waals surface area (Å²) in [5.74, 6) is 1.10. The number of aromatic nitrogens is 3. The van der Waals surface area contributed by atoms with Crippen molar-refractivity contribution in [1.82, 2.24) is 19.7 Å². The Hall–Kier alpha value is -1.70. The SMILES string of the molecule is Cc1ccc(-c2nnc(CN3CCC[C@@](O)(CO)CC3)o2)n1C. The summed E-state index contributed by atoms with van der Waals surface area (Å²) >= 11 is 0. The highest BCUT2D eigenvalue weighted by atomic mass is 16.4. The number of aryl methyl sites for hydroxylation is 1. The zero-order valence-electron chi connectivity index (χ0n) is 13.7. The van der Waals surface area contributed by atoms with E-state index >= 15 is 0 Å². The van der Waals surface area contributed by atoms with Crippen LogP contribution in [-0.4, -0.2) is 55.2 Å². The van der Waals surface area contributed by atoms with E-state index in [0.717, 1.165) is 24.4 Å². The molecule has 0 spiro atoms. The second kappa shape index (κ2) is 6.43. The third-order valence-electron chi connectivity index (χ3n) is 4.72. The smallest absolute Gasteiger partial charge is 0.264 e. The van der Waals surface area contributed by atoms with E-state index in [2.05, 4.69) is 15.1 Å². The summed E-state index contributed by atoms with van der Waals surface area (Å²) in [6.07, 6.45) is 2.02. The molecule has 0 radical (unpaired) electrons. The first-order chi connectivity index (χ1) is 11.0. The van der Waals surface area contributed by atoms with Crippen LogP contribution in [0.25, 0.3) is 11.6 Å². The molecule has 0 amide bonds. The molecule has 2 aromatic heterocycles. The molecule has 1 aliphatic heterocycles. The van der Waals surface area contributed by atoms with E-state index in [9.17, 15) is 10.2 Å². The fourth-order valence-electron chi connectivity index (χ4n) is 2.99. The molecule has 7 nitrogen and oxygen atoms in total. The number of aliphatic hydroxyl groups excluding tert-OH is 1. The van der Waals surface area contributed by atoms with E-state index in [1.807, 2.05) is 30.7 Å². The predicted octanol–water partition coefficient (Wildman–Crippen LogP) is 1.09. The van der Waals surface area contributed by atoms with Gasteiger partial charge in [0.2, 0.25) is 5.89 Å². The Balaban J connectivity index is 1.66. The molecule has 3 rings (SSSR count). The highest BCUT2D eigenvalue weighted by molar-refractivity contribution is 5.48. The van der Waals surface area contributed by atoms with Gasteiger partial charge in [-0.2, -0.15) is 0 Å². The number of hydrogen-bond donors (Lipinski definition) is 2. The molecular weight excluding hydrogens is 296 g/mol. The van der Waals surface area contributed by atoms with E-state index in [0.29, 0.717) is 37.7 Å². The molecule has 0 aromatic carbocycles. The minimum atomic E-state index is -0.949. The molecule has 0 aliphatic carbocycles. The van der Waals surface area contributed by atoms with Gasteiger partial charge in [0.15, 0.2) is 0 Å². The first-order valence-corrected chi connectivity index (χ1v) is 8.01. The highest BCUT2D eigenvalue weighted by Gasteiger charge is 2.29. The average Bonchev–Trinajstić information content (AvgIpc) is 3.06. The maximum absolute atomic E-state index is 10.2. The molecule has 23 heavy (non-hydrogen) atoms. The van der Waals surface area contributed by atoms with E-state index in [4.69, 9.17) is 4.42 Å². The molecule has 7 heteroatoms. The van der Waals surface area contributed by atoms with Gasteiger partial charge in [-0.3, -0.25) is 4.90 Å². The minimum Gasteiger partial charge on any atom is -0.418 e. The summed E-state index contributed by atoms with van der Waals surface area (Å²) in [5.41, 5.74) is 1.09. The topological polar surface area (TPSA) is 87.6 Å². The lowest BCUT2D eigenvalue weighted by Crippen LogP contribution is -2.34. The normalized spacial score (nSPS) is 23.1. The van der Waals surface area contributed by atoms with Gasteiger partial charge in [-0.25, -0.2) is 0 Å². The van der Waals surface area contributed by atoms with Crippen LogP contribution in [0, 0.1) is 6.92 Å². The van der Waals surface area contributed by atoms with Crippen molar-refractivity contribution in [2.75, 3.05) is 19.7 Å². The molecule has 2 N–H and O–H groups in total. The van der Waals surface area contributed by atoms with Crippen molar-refractivity contribution in [3.05, 3.63) is 23.7 Å². The monoisotopic (exact) mass is 320 g/mol. The fourth-order valence-corrected chi connectivity index (χ4v) is 2.99. The van der Waals surface area contributed by atoms with Crippen LogP contribution in [0.5, 0.6) is 0 Å². The lowest BCUT2D eigenvalue weighted by atomic mass is 9.96. The van der Waals surface area contributed by atoms with Crippen molar-refractivity contribution >= 4 is 0 Å². The van der Waals surface area contributed by atoms with Crippen LogP contribution in [0.3, 0.4) is 0 Å². The Morgan fingerprint density at radius 3 is 2.78 bits per heavy atom. The third-order valence-corrected chi connectivity index (χ3v) is 4.72. The Morgan fingerprint density at radius 2 is 2.09 bits per heavy atom. The molecule has 0 bridgehead atoms. The van der Waals surface area contributed by atoms with Gasteiger partial charge < -0.3 is 19.2 Å². The van der Waals surface area contributed by atoms with Gasteiger partial charge >= 0.3 is 0 Å². The van der Waals surface area contributed by atoms with Gasteiger partial charge in [-0.15, -0.1) is 10.2 Å². The molecule has 0 unspecified atom stereocenters. The van der Waals surface area contributed by atoms with E-state index in [1.54, 1.807) is 0 Å². The summed E-state index contributed by atoms with van der Waals surface area (Å²) in [7, 11) is 1.97. The molecule has 3 heterocycles. The van der Waals surface area contributed by atoms with Crippen molar-refractivity contribution in [1.29, 1.82) is 0 Å². The second-order valence-corrected chi connectivity index (χ2v) is 6.43. The lowest BCUT2D eigenvalue weighted by Gasteiger charge is -2.23. The molecule has 126 valence electrons. The first-order valence-electron chi connectivity index (χ1n) is 8.01. The minimum absolute atomic E-state index is 0.182. The Labute approximate surface area is 135 Å². The number of rotatable bonds is 4. The number of aliphatic hydroxyl groups is 2. The van der Waals surface area contributed by atoms with Gasteiger partial charge in [0, 0.05) is 19.3 Å². The number of nitrogens with zero attached hydrogens (tertiary/aromatic N) is 4. The Bertz CT molecular complexity index is 666. The summed E-state index contributed by atoms with van der Waals surface area (Å²) in [5, 5.41) is 27.8. The van der Waals surface area contributed by atoms with Crippen molar-refractivity contribution in [2.45, 2.75) is 38.3 Å². The second-order valence-electron chi connectivity index (χ2n) is 6.43. The summed E-state index contributed by atoms with van der Waals surface area (Å²) in [4.78, 5) is 2.18. The van der Waals surface area contributed by atoms with E-state index < -0.39 is 5.60 Å². The van der Waals surface area contributed by atoms with Gasteiger partial charge in [-0.1, -0.05) is 0 Å². The lowest BCUT2D eigenvalue weighted by molar-refractivity contribution is -0.0256. The van der Waals surface area contributed by atoms with Crippen LogP contribution in [0.1, 0.15) is 30.8 Å². The molecule has 1 fully saturated rings. The maximum atomic E-state index is 10.2. The molecule has 1 atom stereocenters. The highest BCUT2D eigenvalue weighted by Crippen LogP contribution is 2.24. The fraction of sp³-hybridized carbons (Fsp3) is 0.625. The standard InChI is InChI=1S/C16H24N4O3/c1-12-4-5-13(19(12)2)15-18-17-14(23-15)10-20-8-3-6-16(22,11-21)7-9-20/h4-5,21-22H,3,6-11H2,1-2H3/t16-/m0/s1. The van der Waals surface area contributed by atoms with E-state index in [-0.39, 0.29) is 6.61 Å². The van der Waals surface area contributed by atoms with Crippen molar-refractivity contribution in [2.24, 2.45) is 7.05 Å². The zero-order valence-corrected chi connectivity index (χ0v) is 13.7. The zero-order chi connectivity index (χ0) is 16.4. The van der Waals surface area contributed by atoms with Crippen molar-refractivity contribution in [3.8, 4) is 11.6 Å². The molecular formula is C16H24N4O3. The van der Waals surface area contributed by atoms with Crippen molar-refractivity contribution < 1.29 is 14.6 Å². The first kappa shape index (κ1) is 16.2. The van der Waals surface area contributed by atoms with Crippen LogP contribution >= 0.6 is 0 Å². The van der Waals surface area contributed by atoms with Gasteiger partial charge in [0.05, 0.1) is 18.8 Å². The van der Waals surface area contributed by atoms with Crippen LogP contribution in [0.15, 0.2) is 16.5 Å². The largest absolute Gasteiger partial charge is 0.418 e. The van der Waals surface area contributed by atoms with Crippen LogP contribution in [0.2, 0.25) is 0 Å². The molecule has 2 aromatic rings. The molecule has 1 aliphatic rings. The summed E-state index contributed by atoms with van der Waals surface area (Å²) in [6.45, 7) is 3.97. The number of likely N-dealkylation sites (tertiary alicyclic amines) is 1. The summed E-state index contributed by atoms with van der Waals surface area (Å²) in [6, 6.07) is 3.99. The Kier molecular flexibility index (Phi) is 4.52. The third kappa shape index (κ3) is 3.46. The van der Waals surface area contributed by atoms with E-state index in [1.165, 1.54) is 0 Å². The van der Waals surface area contributed by atoms with Crippen LogP contribution < -0.4 is 0 Å². The quantitative estimate of drug-likeness (QED) is 0.877. The maximum Gasteiger partial charge on any atom is 0.264 e. The molecule has 1 saturated heterocycles. The van der Waals surface area contributed by atoms with Gasteiger partial charge in [-0.05, 0) is 44.9 Å². The predicted molar refractivity (Wildman–Crippen MR) is 84.6 cm³/mol. The summed E-state index contributed by atoms with van der Waals surface area (Å²) < 4.78 is 7.81. The van der Waals surface area contributed by atoms with Gasteiger partial charge in [0.1, 0.15) is 5.69 Å². The van der Waals surface area contributed by atoms with Gasteiger partial charge in [0.25, 0.3) is 5.89 Å². The number of hydrogen-bond acceptors (Lipinski definition) is 6. The van der Waals surface area contributed by atoms with Crippen LogP contribution in [0.4, 0.5) is 0 Å².